The first-order valence-electron chi connectivity index (χ1n) is 15.3. The van der Waals surface area contributed by atoms with Crippen molar-refractivity contribution >= 4 is 33.3 Å². The van der Waals surface area contributed by atoms with Crippen LogP contribution in [-0.4, -0.2) is 58.2 Å². The van der Waals surface area contributed by atoms with Crippen molar-refractivity contribution in [3.05, 3.63) is 69.8 Å². The van der Waals surface area contributed by atoms with Gasteiger partial charge in [-0.25, -0.2) is 18.4 Å². The number of hydrogen-bond donors (Lipinski definition) is 2. The lowest BCUT2D eigenvalue weighted by molar-refractivity contribution is 0.00323. The fourth-order valence-corrected chi connectivity index (χ4v) is 9.15. The van der Waals surface area contributed by atoms with Crippen LogP contribution in [0.4, 0.5) is 5.69 Å². The number of halogens is 1. The van der Waals surface area contributed by atoms with Crippen LogP contribution in [0.1, 0.15) is 66.4 Å². The Morgan fingerprint density at radius 2 is 2.05 bits per heavy atom. The predicted molar refractivity (Wildman–Crippen MR) is 168 cm³/mol. The van der Waals surface area contributed by atoms with Crippen molar-refractivity contribution in [1.29, 1.82) is 0 Å². The van der Waals surface area contributed by atoms with E-state index in [2.05, 4.69) is 23.1 Å². The summed E-state index contributed by atoms with van der Waals surface area (Å²) in [7, 11) is -1.72. The zero-order valence-electron chi connectivity index (χ0n) is 24.6. The number of fused-ring (bicyclic) bond motifs is 3. The summed E-state index contributed by atoms with van der Waals surface area (Å²) in [5.41, 5.74) is 4.65. The maximum Gasteiger partial charge on any atom is 0.335 e. The van der Waals surface area contributed by atoms with Crippen LogP contribution >= 0.6 is 11.6 Å². The van der Waals surface area contributed by atoms with Crippen LogP contribution in [-0.2, 0) is 26.6 Å². The molecule has 2 aromatic rings. The molecule has 10 heteroatoms. The molecule has 2 aromatic carbocycles. The summed E-state index contributed by atoms with van der Waals surface area (Å²) >= 11 is 6.39. The molecule has 0 aromatic heterocycles. The third-order valence-corrected chi connectivity index (χ3v) is 11.4. The molecular weight excluding hydrogens is 588 g/mol. The molecule has 4 aliphatic rings. The minimum absolute atomic E-state index is 0.0197. The number of sulfonamides is 1. The molecule has 1 aliphatic heterocycles. The number of anilines is 1. The van der Waals surface area contributed by atoms with Gasteiger partial charge in [0.05, 0.1) is 29.7 Å². The van der Waals surface area contributed by atoms with Crippen molar-refractivity contribution in [3.63, 3.8) is 0 Å². The van der Waals surface area contributed by atoms with Crippen LogP contribution in [0.2, 0.25) is 5.02 Å². The van der Waals surface area contributed by atoms with Crippen molar-refractivity contribution in [3.8, 4) is 5.75 Å². The molecule has 0 radical (unpaired) electrons. The van der Waals surface area contributed by atoms with Crippen LogP contribution in [0.15, 0.2) is 48.0 Å². The average Bonchev–Trinajstić information content (AvgIpc) is 3.10. The lowest BCUT2D eigenvalue weighted by atomic mass is 9.66. The molecule has 5 atom stereocenters. The number of carbonyl (C=O) groups is 1. The summed E-state index contributed by atoms with van der Waals surface area (Å²) in [5.74, 6) is 0.525. The average molecular weight is 629 g/mol. The third kappa shape index (κ3) is 6.32. The molecule has 0 bridgehead atoms. The van der Waals surface area contributed by atoms with Gasteiger partial charge in [-0.2, -0.15) is 0 Å². The lowest BCUT2D eigenvalue weighted by Gasteiger charge is -2.47. The molecule has 6 rings (SSSR count). The van der Waals surface area contributed by atoms with Gasteiger partial charge in [-0.05, 0) is 116 Å². The Labute approximate surface area is 259 Å². The second-order valence-corrected chi connectivity index (χ2v) is 15.1. The fourth-order valence-electron chi connectivity index (χ4n) is 8.00. The van der Waals surface area contributed by atoms with Gasteiger partial charge in [-0.1, -0.05) is 23.7 Å². The van der Waals surface area contributed by atoms with E-state index in [1.54, 1.807) is 25.3 Å². The number of hydrogen-bond acceptors (Lipinski definition) is 6. The van der Waals surface area contributed by atoms with Gasteiger partial charge >= 0.3 is 5.97 Å². The Morgan fingerprint density at radius 1 is 1.21 bits per heavy atom. The van der Waals surface area contributed by atoms with E-state index in [1.165, 1.54) is 16.7 Å². The number of aromatic carboxylic acids is 1. The highest BCUT2D eigenvalue weighted by molar-refractivity contribution is 7.89. The van der Waals surface area contributed by atoms with E-state index < -0.39 is 16.0 Å². The van der Waals surface area contributed by atoms with Crippen molar-refractivity contribution in [1.82, 2.24) is 0 Å². The van der Waals surface area contributed by atoms with E-state index in [0.717, 1.165) is 74.5 Å². The van der Waals surface area contributed by atoms with Crippen LogP contribution in [0.25, 0.3) is 0 Å². The molecule has 0 saturated heterocycles. The third-order valence-electron chi connectivity index (χ3n) is 10.2. The number of rotatable bonds is 8. The first-order chi connectivity index (χ1) is 20.5. The summed E-state index contributed by atoms with van der Waals surface area (Å²) in [5, 5.41) is 15.9. The van der Waals surface area contributed by atoms with E-state index in [9.17, 15) is 18.3 Å². The van der Waals surface area contributed by atoms with Crippen molar-refractivity contribution in [2.75, 3.05) is 37.5 Å². The molecular formula is C33H41ClN2O6S. The van der Waals surface area contributed by atoms with Gasteiger partial charge in [0.15, 0.2) is 0 Å². The van der Waals surface area contributed by atoms with E-state index in [-0.39, 0.29) is 28.8 Å². The molecule has 1 fully saturated rings. The number of benzene rings is 2. The standard InChI is InChI=1S/C33H41ClN2O6S/c1-41-31(22-6-4-21(5-7-22)18-43(35,39)40)27-11-8-25(27)17-36-19-33(14-2-3-23-15-26(34)10-12-28(23)33)20-42-30-13-9-24(32(37)38)16-29(30)36/h6,9-10,12-13,15-16,21,25,27,31H,2-5,7-8,11,14,17-20H2,1H3,(H,37,38)(H2,35,39,40)/t21-,25-,27+,31+,33-/m0/s1. The Hall–Kier alpha value is -2.59. The Morgan fingerprint density at radius 3 is 2.72 bits per heavy atom. The number of carboxylic acids is 1. The van der Waals surface area contributed by atoms with Crippen LogP contribution in [0.5, 0.6) is 5.75 Å². The summed E-state index contributed by atoms with van der Waals surface area (Å²) in [6.07, 6.45) is 9.59. The summed E-state index contributed by atoms with van der Waals surface area (Å²) < 4.78 is 35.9. The van der Waals surface area contributed by atoms with Gasteiger partial charge in [-0.15, -0.1) is 0 Å². The van der Waals surface area contributed by atoms with Gasteiger partial charge in [0, 0.05) is 30.6 Å². The zero-order valence-corrected chi connectivity index (χ0v) is 26.2. The molecule has 1 heterocycles. The first-order valence-corrected chi connectivity index (χ1v) is 17.4. The number of ether oxygens (including phenoxy) is 2. The number of allylic oxidation sites excluding steroid dienone is 1. The van der Waals surface area contributed by atoms with Gasteiger partial charge in [0.25, 0.3) is 0 Å². The molecule has 8 nitrogen and oxygen atoms in total. The largest absolute Gasteiger partial charge is 0.490 e. The molecule has 1 spiro atoms. The highest BCUT2D eigenvalue weighted by atomic mass is 35.5. The first kappa shape index (κ1) is 30.4. The monoisotopic (exact) mass is 628 g/mol. The Kier molecular flexibility index (Phi) is 8.54. The molecule has 0 amide bonds. The Bertz CT molecular complexity index is 1530. The highest BCUT2D eigenvalue weighted by Gasteiger charge is 2.45. The summed E-state index contributed by atoms with van der Waals surface area (Å²) in [6.45, 7) is 2.03. The molecule has 3 N–H and O–H groups in total. The molecule has 3 aliphatic carbocycles. The van der Waals surface area contributed by atoms with E-state index in [1.807, 2.05) is 6.07 Å². The smallest absolute Gasteiger partial charge is 0.335 e. The fraction of sp³-hybridized carbons (Fsp3) is 0.545. The predicted octanol–water partition coefficient (Wildman–Crippen LogP) is 5.57. The van der Waals surface area contributed by atoms with Gasteiger partial charge in [-0.3, -0.25) is 0 Å². The number of methoxy groups -OCH3 is 1. The Balaban J connectivity index is 1.28. The van der Waals surface area contributed by atoms with Crippen LogP contribution < -0.4 is 14.8 Å². The number of aryl methyl sites for hydroxylation is 1. The van der Waals surface area contributed by atoms with Crippen LogP contribution in [0, 0.1) is 17.8 Å². The normalized spacial score (nSPS) is 27.7. The number of primary sulfonamides is 1. The maximum atomic E-state index is 12.0. The van der Waals surface area contributed by atoms with Crippen molar-refractivity contribution < 1.29 is 27.8 Å². The van der Waals surface area contributed by atoms with Crippen LogP contribution in [0.3, 0.4) is 0 Å². The van der Waals surface area contributed by atoms with E-state index >= 15 is 0 Å². The molecule has 43 heavy (non-hydrogen) atoms. The maximum absolute atomic E-state index is 12.0. The van der Waals surface area contributed by atoms with Gasteiger partial charge in [0.2, 0.25) is 10.0 Å². The minimum atomic E-state index is -3.49. The van der Waals surface area contributed by atoms with Gasteiger partial charge in [0.1, 0.15) is 5.75 Å². The van der Waals surface area contributed by atoms with Crippen molar-refractivity contribution in [2.24, 2.45) is 22.9 Å². The van der Waals surface area contributed by atoms with Crippen molar-refractivity contribution in [2.45, 2.75) is 62.9 Å². The number of nitrogens with two attached hydrogens (primary N) is 1. The van der Waals surface area contributed by atoms with E-state index in [0.29, 0.717) is 24.9 Å². The zero-order chi connectivity index (χ0) is 30.4. The van der Waals surface area contributed by atoms with E-state index in [4.69, 9.17) is 26.2 Å². The quantitative estimate of drug-likeness (QED) is 0.367. The highest BCUT2D eigenvalue weighted by Crippen LogP contribution is 2.48. The molecule has 0 unspecified atom stereocenters. The topological polar surface area (TPSA) is 119 Å². The number of nitrogens with zero attached hydrogens (tertiary/aromatic N) is 1. The summed E-state index contributed by atoms with van der Waals surface area (Å²) in [4.78, 5) is 14.4. The lowest BCUT2D eigenvalue weighted by Crippen LogP contribution is -2.50. The SMILES string of the molecule is CO[C@H](C1=CC[C@H](CS(N)(=O)=O)CC1)[C@@H]1CC[C@H]1CN1C[C@@]2(CCCc3cc(Cl)ccc32)COc2ccc(C(=O)O)cc21. The minimum Gasteiger partial charge on any atom is -0.490 e. The van der Waals surface area contributed by atoms with Gasteiger partial charge < -0.3 is 19.5 Å². The summed E-state index contributed by atoms with van der Waals surface area (Å²) in [6, 6.07) is 11.4. The second kappa shape index (κ2) is 12.1. The second-order valence-electron chi connectivity index (χ2n) is 13.0. The molecule has 232 valence electrons. The molecule has 1 saturated carbocycles. The number of carboxylic acid groups (broad SMARTS) is 1.